The van der Waals surface area contributed by atoms with Crippen LogP contribution in [0.5, 0.6) is 17.2 Å². The Morgan fingerprint density at radius 2 is 1.47 bits per heavy atom. The number of nitrogens with zero attached hydrogens (tertiary/aromatic N) is 1. The van der Waals surface area contributed by atoms with Gasteiger partial charge in [-0.1, -0.05) is 24.3 Å². The molecule has 0 radical (unpaired) electrons. The van der Waals surface area contributed by atoms with E-state index in [0.717, 1.165) is 11.1 Å². The van der Waals surface area contributed by atoms with Crippen molar-refractivity contribution in [3.05, 3.63) is 71.9 Å². The minimum absolute atomic E-state index is 0. The predicted octanol–water partition coefficient (Wildman–Crippen LogP) is 2.02. The first-order valence-corrected chi connectivity index (χ1v) is 9.44. The van der Waals surface area contributed by atoms with Crippen molar-refractivity contribution in [2.24, 2.45) is 7.05 Å². The standard InChI is InChI=1S/C25H24NO3.HI/c1-26-16-17(13-22-20-8-6-5-7-18(20)10-12-23(22)26)9-11-21-24(28-3)14-19(27-2)15-25(21)29-4;/h5-16H,1-4H3;1H/q+1;/p-1/b11-9+;. The van der Waals surface area contributed by atoms with Crippen molar-refractivity contribution in [2.75, 3.05) is 21.3 Å². The SMILES string of the molecule is COc1cc(OC)c(/C=C/c2cc3c4ccccc4ccc3[n+](C)c2)c(OC)c1.[I-]. The van der Waals surface area contributed by atoms with Gasteiger partial charge in [0.1, 0.15) is 24.3 Å². The summed E-state index contributed by atoms with van der Waals surface area (Å²) < 4.78 is 18.6. The minimum atomic E-state index is 0. The monoisotopic (exact) mass is 513 g/mol. The van der Waals surface area contributed by atoms with Gasteiger partial charge in [-0.3, -0.25) is 0 Å². The molecule has 0 amide bonds. The first kappa shape index (κ1) is 21.9. The third-order valence-corrected chi connectivity index (χ3v) is 5.18. The molecule has 0 spiro atoms. The molecule has 0 aliphatic rings. The van der Waals surface area contributed by atoms with Gasteiger partial charge in [0.25, 0.3) is 0 Å². The minimum Gasteiger partial charge on any atom is -1.00 e. The summed E-state index contributed by atoms with van der Waals surface area (Å²) in [7, 11) is 6.99. The van der Waals surface area contributed by atoms with E-state index >= 15 is 0 Å². The zero-order valence-corrected chi connectivity index (χ0v) is 19.6. The lowest BCUT2D eigenvalue weighted by Gasteiger charge is -2.12. The van der Waals surface area contributed by atoms with Crippen LogP contribution in [0.3, 0.4) is 0 Å². The molecule has 1 heterocycles. The average Bonchev–Trinajstić information content (AvgIpc) is 2.76. The second-order valence-corrected chi connectivity index (χ2v) is 6.88. The Balaban J connectivity index is 0.00000256. The Morgan fingerprint density at radius 1 is 0.767 bits per heavy atom. The lowest BCUT2D eigenvalue weighted by Crippen LogP contribution is -3.00. The van der Waals surface area contributed by atoms with Gasteiger partial charge in [-0.05, 0) is 35.1 Å². The van der Waals surface area contributed by atoms with Crippen LogP contribution >= 0.6 is 0 Å². The van der Waals surface area contributed by atoms with Crippen molar-refractivity contribution in [2.45, 2.75) is 0 Å². The highest BCUT2D eigenvalue weighted by atomic mass is 127. The molecule has 0 saturated heterocycles. The van der Waals surface area contributed by atoms with Gasteiger partial charge in [-0.15, -0.1) is 0 Å². The maximum atomic E-state index is 5.55. The summed E-state index contributed by atoms with van der Waals surface area (Å²) in [6.45, 7) is 0. The fourth-order valence-corrected chi connectivity index (χ4v) is 3.71. The highest BCUT2D eigenvalue weighted by molar-refractivity contribution is 6.05. The van der Waals surface area contributed by atoms with Crippen molar-refractivity contribution in [1.29, 1.82) is 0 Å². The maximum absolute atomic E-state index is 5.55. The van der Waals surface area contributed by atoms with Gasteiger partial charge in [-0.2, -0.15) is 0 Å². The number of fused-ring (bicyclic) bond motifs is 3. The molecule has 0 aliphatic heterocycles. The number of pyridine rings is 1. The number of ether oxygens (including phenoxy) is 3. The Kier molecular flexibility index (Phi) is 6.82. The molecule has 1 aromatic heterocycles. The van der Waals surface area contributed by atoms with Crippen LogP contribution in [-0.4, -0.2) is 21.3 Å². The van der Waals surface area contributed by atoms with Gasteiger partial charge in [0.15, 0.2) is 6.20 Å². The molecule has 0 bridgehead atoms. The lowest BCUT2D eigenvalue weighted by molar-refractivity contribution is -0.644. The molecule has 0 atom stereocenters. The molecule has 4 aromatic rings. The van der Waals surface area contributed by atoms with E-state index in [-0.39, 0.29) is 24.0 Å². The van der Waals surface area contributed by atoms with Crippen LogP contribution in [0.1, 0.15) is 11.1 Å². The fourth-order valence-electron chi connectivity index (χ4n) is 3.71. The van der Waals surface area contributed by atoms with Crippen molar-refractivity contribution in [3.63, 3.8) is 0 Å². The Labute approximate surface area is 193 Å². The van der Waals surface area contributed by atoms with E-state index in [0.29, 0.717) is 17.2 Å². The van der Waals surface area contributed by atoms with Crippen LogP contribution in [0.4, 0.5) is 0 Å². The Bertz CT molecular complexity index is 1210. The average molecular weight is 513 g/mol. The first-order chi connectivity index (χ1) is 14.1. The van der Waals surface area contributed by atoms with Crippen LogP contribution in [0.15, 0.2) is 60.8 Å². The van der Waals surface area contributed by atoms with Gasteiger partial charge in [0, 0.05) is 23.8 Å². The van der Waals surface area contributed by atoms with Crippen molar-refractivity contribution in [3.8, 4) is 17.2 Å². The van der Waals surface area contributed by atoms with E-state index in [2.05, 4.69) is 66.4 Å². The van der Waals surface area contributed by atoms with Crippen molar-refractivity contribution in [1.82, 2.24) is 0 Å². The summed E-state index contributed by atoms with van der Waals surface area (Å²) in [6.07, 6.45) is 6.22. The molecule has 0 saturated carbocycles. The van der Waals surface area contributed by atoms with Gasteiger partial charge >= 0.3 is 0 Å². The summed E-state index contributed by atoms with van der Waals surface area (Å²) in [5, 5.41) is 3.71. The molecule has 0 unspecified atom stereocenters. The zero-order valence-electron chi connectivity index (χ0n) is 17.5. The summed E-state index contributed by atoms with van der Waals surface area (Å²) in [4.78, 5) is 0. The molecule has 30 heavy (non-hydrogen) atoms. The molecule has 0 aliphatic carbocycles. The number of aryl methyl sites for hydroxylation is 1. The number of halogens is 1. The summed E-state index contributed by atoms with van der Waals surface area (Å²) in [6, 6.07) is 18.7. The smallest absolute Gasteiger partial charge is 0.212 e. The molecular formula is C25H24INO3. The van der Waals surface area contributed by atoms with E-state index < -0.39 is 0 Å². The largest absolute Gasteiger partial charge is 1.00 e. The Hall–Kier alpha value is -2.80. The van der Waals surface area contributed by atoms with Gasteiger partial charge < -0.3 is 38.2 Å². The van der Waals surface area contributed by atoms with Crippen LogP contribution in [0.2, 0.25) is 0 Å². The van der Waals surface area contributed by atoms with E-state index in [1.807, 2.05) is 18.2 Å². The van der Waals surface area contributed by atoms with E-state index in [4.69, 9.17) is 14.2 Å². The number of hydrogen-bond donors (Lipinski definition) is 0. The molecule has 154 valence electrons. The maximum Gasteiger partial charge on any atom is 0.212 e. The second-order valence-electron chi connectivity index (χ2n) is 6.88. The van der Waals surface area contributed by atoms with Gasteiger partial charge in [0.05, 0.1) is 32.3 Å². The molecule has 4 nitrogen and oxygen atoms in total. The Morgan fingerprint density at radius 3 is 2.13 bits per heavy atom. The number of methoxy groups -OCH3 is 3. The molecular weight excluding hydrogens is 489 g/mol. The molecule has 4 rings (SSSR count). The predicted molar refractivity (Wildman–Crippen MR) is 118 cm³/mol. The molecule has 0 N–H and O–H groups in total. The highest BCUT2D eigenvalue weighted by Crippen LogP contribution is 2.35. The van der Waals surface area contributed by atoms with E-state index in [1.165, 1.54) is 21.7 Å². The third kappa shape index (κ3) is 4.07. The van der Waals surface area contributed by atoms with Gasteiger partial charge in [0.2, 0.25) is 5.52 Å². The van der Waals surface area contributed by atoms with E-state index in [1.54, 1.807) is 21.3 Å². The second kappa shape index (κ2) is 9.34. The van der Waals surface area contributed by atoms with Crippen LogP contribution < -0.4 is 42.8 Å². The first-order valence-electron chi connectivity index (χ1n) is 9.44. The number of benzene rings is 3. The summed E-state index contributed by atoms with van der Waals surface area (Å²) in [5.41, 5.74) is 3.16. The van der Waals surface area contributed by atoms with Crippen LogP contribution in [-0.2, 0) is 7.05 Å². The van der Waals surface area contributed by atoms with Crippen LogP contribution in [0.25, 0.3) is 33.8 Å². The van der Waals surface area contributed by atoms with Gasteiger partial charge in [-0.25, -0.2) is 4.57 Å². The lowest BCUT2D eigenvalue weighted by atomic mass is 10.0. The van der Waals surface area contributed by atoms with Crippen molar-refractivity contribution < 1.29 is 42.8 Å². The topological polar surface area (TPSA) is 31.6 Å². The molecule has 5 heteroatoms. The summed E-state index contributed by atoms with van der Waals surface area (Å²) in [5.74, 6) is 2.10. The number of rotatable bonds is 5. The number of aromatic nitrogens is 1. The van der Waals surface area contributed by atoms with Crippen molar-refractivity contribution >= 4 is 33.8 Å². The zero-order chi connectivity index (χ0) is 20.4. The molecule has 3 aromatic carbocycles. The quantitative estimate of drug-likeness (QED) is 0.233. The molecule has 0 fully saturated rings. The van der Waals surface area contributed by atoms with E-state index in [9.17, 15) is 0 Å². The highest BCUT2D eigenvalue weighted by Gasteiger charge is 2.12. The third-order valence-electron chi connectivity index (χ3n) is 5.18. The van der Waals surface area contributed by atoms with Crippen LogP contribution in [0, 0.1) is 0 Å². The fraction of sp³-hybridized carbons (Fsp3) is 0.160. The summed E-state index contributed by atoms with van der Waals surface area (Å²) >= 11 is 0. The normalized spacial score (nSPS) is 10.9. The number of hydrogen-bond acceptors (Lipinski definition) is 3.